The van der Waals surface area contributed by atoms with Crippen LogP contribution < -0.4 is 10.2 Å². The van der Waals surface area contributed by atoms with E-state index in [0.717, 1.165) is 16.9 Å². The number of thioether (sulfide) groups is 1. The summed E-state index contributed by atoms with van der Waals surface area (Å²) in [6.07, 6.45) is 0. The maximum atomic E-state index is 12.4. The molecule has 1 saturated heterocycles. The molecule has 0 aromatic heterocycles. The average Bonchev–Trinajstić information content (AvgIpc) is 2.98. The van der Waals surface area contributed by atoms with E-state index in [9.17, 15) is 9.59 Å². The predicted molar refractivity (Wildman–Crippen MR) is 104 cm³/mol. The van der Waals surface area contributed by atoms with Gasteiger partial charge in [-0.15, -0.1) is 11.8 Å². The molecule has 2 amide bonds. The van der Waals surface area contributed by atoms with Crippen LogP contribution in [0.15, 0.2) is 48.5 Å². The summed E-state index contributed by atoms with van der Waals surface area (Å²) in [5.41, 5.74) is 3.92. The third-order valence-corrected chi connectivity index (χ3v) is 5.38. The number of rotatable bonds is 4. The van der Waals surface area contributed by atoms with Crippen LogP contribution in [0.5, 0.6) is 0 Å². The molecule has 130 valence electrons. The van der Waals surface area contributed by atoms with Gasteiger partial charge < -0.3 is 5.32 Å². The summed E-state index contributed by atoms with van der Waals surface area (Å²) >= 11 is 1.62. The highest BCUT2D eigenvalue weighted by atomic mass is 32.2. The minimum absolute atomic E-state index is 0.000508. The van der Waals surface area contributed by atoms with Gasteiger partial charge in [0.05, 0.1) is 5.75 Å². The summed E-state index contributed by atoms with van der Waals surface area (Å²) in [7, 11) is 0. The molecule has 1 N–H and O–H groups in total. The van der Waals surface area contributed by atoms with Crippen LogP contribution in [0.4, 0.5) is 11.4 Å². The van der Waals surface area contributed by atoms with E-state index in [4.69, 9.17) is 0 Å². The van der Waals surface area contributed by atoms with Crippen molar-refractivity contribution in [1.29, 1.82) is 0 Å². The molecule has 1 heterocycles. The number of nitrogens with zero attached hydrogens (tertiary/aromatic N) is 1. The summed E-state index contributed by atoms with van der Waals surface area (Å²) in [4.78, 5) is 26.0. The standard InChI is InChI=1S/C20H22N2O2S/c1-13(2)19(24)21-16-8-6-15(7-9-16)20-22(18(23)12-25-20)17-10-4-14(3)5-11-17/h4-11,13,20H,12H2,1-3H3,(H,21,24). The predicted octanol–water partition coefficient (Wildman–Crippen LogP) is 4.37. The highest BCUT2D eigenvalue weighted by Gasteiger charge is 2.33. The Morgan fingerprint density at radius 1 is 1.12 bits per heavy atom. The molecule has 1 aliphatic rings. The SMILES string of the molecule is Cc1ccc(N2C(=O)CSC2c2ccc(NC(=O)C(C)C)cc2)cc1. The van der Waals surface area contributed by atoms with Crippen LogP contribution in [0.3, 0.4) is 0 Å². The number of amides is 2. The largest absolute Gasteiger partial charge is 0.326 e. The fourth-order valence-corrected chi connectivity index (χ4v) is 3.85. The van der Waals surface area contributed by atoms with Gasteiger partial charge in [0.2, 0.25) is 11.8 Å². The van der Waals surface area contributed by atoms with E-state index in [1.165, 1.54) is 5.56 Å². The maximum Gasteiger partial charge on any atom is 0.238 e. The van der Waals surface area contributed by atoms with E-state index in [1.807, 2.05) is 74.2 Å². The van der Waals surface area contributed by atoms with E-state index < -0.39 is 0 Å². The zero-order valence-corrected chi connectivity index (χ0v) is 15.5. The molecule has 0 spiro atoms. The van der Waals surface area contributed by atoms with Crippen molar-refractivity contribution in [3.05, 3.63) is 59.7 Å². The zero-order chi connectivity index (χ0) is 18.0. The maximum absolute atomic E-state index is 12.4. The highest BCUT2D eigenvalue weighted by Crippen LogP contribution is 2.41. The fourth-order valence-electron chi connectivity index (χ4n) is 2.67. The van der Waals surface area contributed by atoms with Gasteiger partial charge in [-0.25, -0.2) is 0 Å². The first-order valence-electron chi connectivity index (χ1n) is 8.37. The molecule has 2 aromatic rings. The van der Waals surface area contributed by atoms with Crippen molar-refractivity contribution in [2.75, 3.05) is 16.0 Å². The van der Waals surface area contributed by atoms with Gasteiger partial charge in [0.25, 0.3) is 0 Å². The van der Waals surface area contributed by atoms with Gasteiger partial charge in [0.15, 0.2) is 0 Å². The molecule has 25 heavy (non-hydrogen) atoms. The molecule has 2 aromatic carbocycles. The Morgan fingerprint density at radius 3 is 2.36 bits per heavy atom. The lowest BCUT2D eigenvalue weighted by Crippen LogP contribution is -2.27. The number of hydrogen-bond donors (Lipinski definition) is 1. The third-order valence-electron chi connectivity index (χ3n) is 4.17. The molecule has 1 fully saturated rings. The lowest BCUT2D eigenvalue weighted by molar-refractivity contribution is -0.119. The van der Waals surface area contributed by atoms with E-state index in [-0.39, 0.29) is 23.1 Å². The van der Waals surface area contributed by atoms with Crippen LogP contribution in [0, 0.1) is 12.8 Å². The Labute approximate surface area is 152 Å². The molecule has 0 bridgehead atoms. The van der Waals surface area contributed by atoms with E-state index in [2.05, 4.69) is 5.32 Å². The van der Waals surface area contributed by atoms with Crippen LogP contribution >= 0.6 is 11.8 Å². The molecule has 0 saturated carbocycles. The van der Waals surface area contributed by atoms with Crippen molar-refractivity contribution in [2.45, 2.75) is 26.1 Å². The molecule has 1 atom stereocenters. The molecule has 3 rings (SSSR count). The molecule has 4 nitrogen and oxygen atoms in total. The molecule has 1 aliphatic heterocycles. The molecule has 0 radical (unpaired) electrons. The Bertz CT molecular complexity index is 769. The average molecular weight is 354 g/mol. The second-order valence-corrected chi connectivity index (χ2v) is 7.60. The fraction of sp³-hybridized carbons (Fsp3) is 0.300. The third kappa shape index (κ3) is 3.87. The highest BCUT2D eigenvalue weighted by molar-refractivity contribution is 8.00. The zero-order valence-electron chi connectivity index (χ0n) is 14.7. The van der Waals surface area contributed by atoms with Gasteiger partial charge >= 0.3 is 0 Å². The number of carbonyl (C=O) groups excluding carboxylic acids is 2. The summed E-state index contributed by atoms with van der Waals surface area (Å²) in [5.74, 6) is 0.542. The number of carbonyl (C=O) groups is 2. The minimum Gasteiger partial charge on any atom is -0.326 e. The quantitative estimate of drug-likeness (QED) is 0.887. The smallest absolute Gasteiger partial charge is 0.238 e. The van der Waals surface area contributed by atoms with Gasteiger partial charge in [0.1, 0.15) is 5.37 Å². The molecule has 5 heteroatoms. The molecule has 0 aliphatic carbocycles. The second-order valence-electron chi connectivity index (χ2n) is 6.53. The van der Waals surface area contributed by atoms with E-state index >= 15 is 0 Å². The van der Waals surface area contributed by atoms with Crippen LogP contribution in [-0.4, -0.2) is 17.6 Å². The normalized spacial score (nSPS) is 17.2. The van der Waals surface area contributed by atoms with Crippen molar-refractivity contribution in [3.63, 3.8) is 0 Å². The van der Waals surface area contributed by atoms with Crippen molar-refractivity contribution in [2.24, 2.45) is 5.92 Å². The number of hydrogen-bond acceptors (Lipinski definition) is 3. The number of benzene rings is 2. The lowest BCUT2D eigenvalue weighted by atomic mass is 10.1. The van der Waals surface area contributed by atoms with Crippen molar-refractivity contribution < 1.29 is 9.59 Å². The summed E-state index contributed by atoms with van der Waals surface area (Å²) in [5, 5.41) is 2.85. The van der Waals surface area contributed by atoms with Crippen molar-refractivity contribution >= 4 is 35.0 Å². The van der Waals surface area contributed by atoms with Gasteiger partial charge in [-0.2, -0.15) is 0 Å². The monoisotopic (exact) mass is 354 g/mol. The molecule has 1 unspecified atom stereocenters. The van der Waals surface area contributed by atoms with Gasteiger partial charge in [-0.1, -0.05) is 43.7 Å². The number of anilines is 2. The van der Waals surface area contributed by atoms with Crippen LogP contribution in [0.1, 0.15) is 30.3 Å². The van der Waals surface area contributed by atoms with Crippen LogP contribution in [0.25, 0.3) is 0 Å². The lowest BCUT2D eigenvalue weighted by Gasteiger charge is -2.24. The van der Waals surface area contributed by atoms with Crippen molar-refractivity contribution in [3.8, 4) is 0 Å². The second kappa shape index (κ2) is 7.31. The van der Waals surface area contributed by atoms with E-state index in [1.54, 1.807) is 11.8 Å². The Balaban J connectivity index is 1.81. The van der Waals surface area contributed by atoms with Crippen LogP contribution in [-0.2, 0) is 9.59 Å². The topological polar surface area (TPSA) is 49.4 Å². The first-order chi connectivity index (χ1) is 12.0. The first-order valence-corrected chi connectivity index (χ1v) is 9.42. The van der Waals surface area contributed by atoms with Gasteiger partial charge in [-0.3, -0.25) is 14.5 Å². The number of nitrogens with one attached hydrogen (secondary N) is 1. The summed E-state index contributed by atoms with van der Waals surface area (Å²) in [6.45, 7) is 5.76. The van der Waals surface area contributed by atoms with Gasteiger partial charge in [-0.05, 0) is 36.8 Å². The Hall–Kier alpha value is -2.27. The summed E-state index contributed by atoms with van der Waals surface area (Å²) in [6, 6.07) is 15.8. The Morgan fingerprint density at radius 2 is 1.76 bits per heavy atom. The van der Waals surface area contributed by atoms with E-state index in [0.29, 0.717) is 5.75 Å². The van der Waals surface area contributed by atoms with Crippen molar-refractivity contribution in [1.82, 2.24) is 0 Å². The summed E-state index contributed by atoms with van der Waals surface area (Å²) < 4.78 is 0. The molecular formula is C20H22N2O2S. The van der Waals surface area contributed by atoms with Gasteiger partial charge in [0, 0.05) is 17.3 Å². The van der Waals surface area contributed by atoms with Crippen LogP contribution in [0.2, 0.25) is 0 Å². The Kier molecular flexibility index (Phi) is 5.13. The first kappa shape index (κ1) is 17.5. The molecular weight excluding hydrogens is 332 g/mol. The number of aryl methyl sites for hydroxylation is 1. The minimum atomic E-state index is -0.0558.